The summed E-state index contributed by atoms with van der Waals surface area (Å²) in [6.07, 6.45) is 3.63. The van der Waals surface area contributed by atoms with Crippen LogP contribution in [-0.2, 0) is 5.41 Å². The molecule has 0 fully saturated rings. The van der Waals surface area contributed by atoms with E-state index in [2.05, 4.69) is 31.1 Å². The minimum absolute atomic E-state index is 0.108. The van der Waals surface area contributed by atoms with E-state index in [9.17, 15) is 4.79 Å². The Kier molecular flexibility index (Phi) is 3.29. The molecule has 0 unspecified atom stereocenters. The lowest BCUT2D eigenvalue weighted by molar-refractivity contribution is 0.102. The molecule has 21 heavy (non-hydrogen) atoms. The molecule has 0 radical (unpaired) electrons. The molecule has 3 rings (SSSR count). The van der Waals surface area contributed by atoms with Crippen LogP contribution in [0.5, 0.6) is 0 Å². The summed E-state index contributed by atoms with van der Waals surface area (Å²) in [5.41, 5.74) is 2.56. The quantitative estimate of drug-likeness (QED) is 0.779. The number of nitrogens with one attached hydrogen (secondary N) is 1. The summed E-state index contributed by atoms with van der Waals surface area (Å²) in [5, 5.41) is 4.82. The van der Waals surface area contributed by atoms with Gasteiger partial charge in [0.1, 0.15) is 5.69 Å². The summed E-state index contributed by atoms with van der Waals surface area (Å²) in [4.78, 5) is 17.3. The first-order chi connectivity index (χ1) is 9.93. The van der Waals surface area contributed by atoms with Gasteiger partial charge in [-0.25, -0.2) is 4.98 Å². The number of imidazole rings is 1. The fraction of sp³-hybridized carbons (Fsp3) is 0.250. The first-order valence-electron chi connectivity index (χ1n) is 6.77. The fourth-order valence-corrected chi connectivity index (χ4v) is 2.79. The minimum atomic E-state index is -0.186. The molecule has 0 aliphatic carbocycles. The van der Waals surface area contributed by atoms with Crippen LogP contribution in [0.3, 0.4) is 0 Å². The zero-order valence-corrected chi connectivity index (χ0v) is 13.1. The molecular weight excluding hydrogens is 282 g/mol. The predicted octanol–water partition coefficient (Wildman–Crippen LogP) is 3.95. The molecule has 5 heteroatoms. The zero-order valence-electron chi connectivity index (χ0n) is 12.3. The predicted molar refractivity (Wildman–Crippen MR) is 86.2 cm³/mol. The van der Waals surface area contributed by atoms with Crippen molar-refractivity contribution in [3.05, 3.63) is 53.3 Å². The number of carbonyl (C=O) groups is 1. The number of thiazole rings is 1. The summed E-state index contributed by atoms with van der Waals surface area (Å²) in [7, 11) is 0. The molecule has 0 saturated heterocycles. The third-order valence-electron chi connectivity index (χ3n) is 3.33. The molecule has 2 aromatic heterocycles. The molecule has 4 nitrogen and oxygen atoms in total. The van der Waals surface area contributed by atoms with Gasteiger partial charge in [0.25, 0.3) is 5.91 Å². The van der Waals surface area contributed by atoms with Crippen molar-refractivity contribution in [1.29, 1.82) is 0 Å². The SMILES string of the molecule is CC(C)(C)c1ccc(NC(=O)c2cn3ccsc3n2)cc1. The summed E-state index contributed by atoms with van der Waals surface area (Å²) in [5.74, 6) is -0.186. The van der Waals surface area contributed by atoms with Gasteiger partial charge in [0.2, 0.25) is 0 Å². The third-order valence-corrected chi connectivity index (χ3v) is 4.11. The van der Waals surface area contributed by atoms with Gasteiger partial charge < -0.3 is 5.32 Å². The highest BCUT2D eigenvalue weighted by Gasteiger charge is 2.14. The van der Waals surface area contributed by atoms with Gasteiger partial charge in [0.15, 0.2) is 4.96 Å². The van der Waals surface area contributed by atoms with Gasteiger partial charge in [-0.05, 0) is 23.1 Å². The summed E-state index contributed by atoms with van der Waals surface area (Å²) in [6.45, 7) is 6.50. The Morgan fingerprint density at radius 2 is 1.95 bits per heavy atom. The summed E-state index contributed by atoms with van der Waals surface area (Å²) < 4.78 is 1.85. The van der Waals surface area contributed by atoms with Crippen molar-refractivity contribution >= 4 is 27.9 Å². The Hall–Kier alpha value is -2.14. The van der Waals surface area contributed by atoms with Crippen LogP contribution in [-0.4, -0.2) is 15.3 Å². The second kappa shape index (κ2) is 5.00. The molecule has 3 aromatic rings. The highest BCUT2D eigenvalue weighted by Crippen LogP contribution is 2.23. The largest absolute Gasteiger partial charge is 0.321 e. The number of hydrogen-bond acceptors (Lipinski definition) is 3. The van der Waals surface area contributed by atoms with E-state index in [0.29, 0.717) is 5.69 Å². The fourth-order valence-electron chi connectivity index (χ4n) is 2.09. The maximum Gasteiger partial charge on any atom is 0.275 e. The minimum Gasteiger partial charge on any atom is -0.321 e. The number of nitrogens with zero attached hydrogens (tertiary/aromatic N) is 2. The summed E-state index contributed by atoms with van der Waals surface area (Å²) >= 11 is 1.51. The van der Waals surface area contributed by atoms with Crippen LogP contribution >= 0.6 is 11.3 Å². The van der Waals surface area contributed by atoms with Crippen LogP contribution < -0.4 is 5.32 Å². The van der Waals surface area contributed by atoms with E-state index in [0.717, 1.165) is 10.6 Å². The number of amides is 1. The van der Waals surface area contributed by atoms with Crippen molar-refractivity contribution in [3.63, 3.8) is 0 Å². The second-order valence-electron chi connectivity index (χ2n) is 6.00. The number of carbonyl (C=O) groups excluding carboxylic acids is 1. The van der Waals surface area contributed by atoms with Gasteiger partial charge in [0.05, 0.1) is 0 Å². The second-order valence-corrected chi connectivity index (χ2v) is 6.87. The number of rotatable bonds is 2. The van der Waals surface area contributed by atoms with Crippen LogP contribution in [0.2, 0.25) is 0 Å². The molecular formula is C16H17N3OS. The molecule has 0 bridgehead atoms. The number of hydrogen-bond donors (Lipinski definition) is 1. The van der Waals surface area contributed by atoms with Crippen LogP contribution in [0.15, 0.2) is 42.0 Å². The number of fused-ring (bicyclic) bond motifs is 1. The summed E-state index contributed by atoms with van der Waals surface area (Å²) in [6, 6.07) is 7.94. The molecule has 0 atom stereocenters. The molecule has 1 N–H and O–H groups in total. The molecule has 108 valence electrons. The van der Waals surface area contributed by atoms with Gasteiger partial charge in [-0.3, -0.25) is 9.20 Å². The Morgan fingerprint density at radius 3 is 2.57 bits per heavy atom. The van der Waals surface area contributed by atoms with Gasteiger partial charge in [-0.15, -0.1) is 11.3 Å². The lowest BCUT2D eigenvalue weighted by atomic mass is 9.87. The lowest BCUT2D eigenvalue weighted by Crippen LogP contribution is -2.13. The van der Waals surface area contributed by atoms with Gasteiger partial charge in [-0.2, -0.15) is 0 Å². The molecule has 0 aliphatic rings. The smallest absolute Gasteiger partial charge is 0.275 e. The Balaban J connectivity index is 1.76. The molecule has 1 amide bonds. The average Bonchev–Trinajstić information content (AvgIpc) is 2.98. The Morgan fingerprint density at radius 1 is 1.24 bits per heavy atom. The normalized spacial score (nSPS) is 11.8. The maximum absolute atomic E-state index is 12.2. The molecule has 0 saturated carbocycles. The van der Waals surface area contributed by atoms with E-state index in [-0.39, 0.29) is 11.3 Å². The van der Waals surface area contributed by atoms with Crippen LogP contribution in [0.4, 0.5) is 5.69 Å². The van der Waals surface area contributed by atoms with Crippen molar-refractivity contribution in [2.45, 2.75) is 26.2 Å². The maximum atomic E-state index is 12.2. The van der Waals surface area contributed by atoms with E-state index in [1.165, 1.54) is 16.9 Å². The molecule has 1 aromatic carbocycles. The van der Waals surface area contributed by atoms with E-state index < -0.39 is 0 Å². The number of aromatic nitrogens is 2. The molecule has 0 spiro atoms. The van der Waals surface area contributed by atoms with Crippen molar-refractivity contribution in [3.8, 4) is 0 Å². The lowest BCUT2D eigenvalue weighted by Gasteiger charge is -2.19. The Bertz CT molecular complexity index is 749. The van der Waals surface area contributed by atoms with E-state index in [1.807, 2.05) is 40.2 Å². The average molecular weight is 299 g/mol. The van der Waals surface area contributed by atoms with Gasteiger partial charge in [0, 0.05) is 23.5 Å². The first-order valence-corrected chi connectivity index (χ1v) is 7.65. The van der Waals surface area contributed by atoms with Crippen molar-refractivity contribution < 1.29 is 4.79 Å². The Labute approximate surface area is 127 Å². The van der Waals surface area contributed by atoms with Gasteiger partial charge >= 0.3 is 0 Å². The highest BCUT2D eigenvalue weighted by molar-refractivity contribution is 7.15. The zero-order chi connectivity index (χ0) is 15.0. The number of anilines is 1. The monoisotopic (exact) mass is 299 g/mol. The van der Waals surface area contributed by atoms with Crippen LogP contribution in [0, 0.1) is 0 Å². The van der Waals surface area contributed by atoms with E-state index in [4.69, 9.17) is 0 Å². The molecule has 0 aliphatic heterocycles. The van der Waals surface area contributed by atoms with Gasteiger partial charge in [-0.1, -0.05) is 32.9 Å². The van der Waals surface area contributed by atoms with Crippen molar-refractivity contribution in [1.82, 2.24) is 9.38 Å². The number of benzene rings is 1. The standard InChI is InChI=1S/C16H17N3OS/c1-16(2,3)11-4-6-12(7-5-11)17-14(20)13-10-19-8-9-21-15(19)18-13/h4-10H,1-3H3,(H,17,20). The van der Waals surface area contributed by atoms with Crippen LogP contribution in [0.1, 0.15) is 36.8 Å². The van der Waals surface area contributed by atoms with Crippen molar-refractivity contribution in [2.75, 3.05) is 5.32 Å². The van der Waals surface area contributed by atoms with E-state index in [1.54, 1.807) is 6.20 Å². The highest BCUT2D eigenvalue weighted by atomic mass is 32.1. The van der Waals surface area contributed by atoms with Crippen LogP contribution in [0.25, 0.3) is 4.96 Å². The van der Waals surface area contributed by atoms with E-state index >= 15 is 0 Å². The first kappa shape index (κ1) is 13.8. The third kappa shape index (κ3) is 2.83. The van der Waals surface area contributed by atoms with Crippen molar-refractivity contribution in [2.24, 2.45) is 0 Å². The molecule has 2 heterocycles. The topological polar surface area (TPSA) is 46.4 Å².